The van der Waals surface area contributed by atoms with Crippen LogP contribution in [-0.4, -0.2) is 16.6 Å². The molecule has 0 aliphatic carbocycles. The number of hydrogen-bond acceptors (Lipinski definition) is 3. The lowest BCUT2D eigenvalue weighted by atomic mass is 10.2. The number of carboxylic acid groups (broad SMARTS) is 1. The van der Waals surface area contributed by atoms with Gasteiger partial charge in [0, 0.05) is 5.69 Å². The fourth-order valence-electron chi connectivity index (χ4n) is 0.795. The number of nitrogens with one attached hydrogen (secondary N) is 1. The average Bonchev–Trinajstić information content (AvgIpc) is 2.05. The van der Waals surface area contributed by atoms with Gasteiger partial charge in [-0.3, -0.25) is 5.32 Å². The normalized spacial score (nSPS) is 7.92. The number of carboxylic acids is 1. The maximum absolute atomic E-state index is 10.4. The van der Waals surface area contributed by atoms with E-state index in [1.54, 1.807) is 18.3 Å². The summed E-state index contributed by atoms with van der Waals surface area (Å²) in [4.78, 5) is 10.4. The number of benzene rings is 1. The van der Waals surface area contributed by atoms with Crippen LogP contribution in [0.25, 0.3) is 0 Å². The highest BCUT2D eigenvalue weighted by atomic mass is 16.4. The lowest BCUT2D eigenvalue weighted by molar-refractivity contribution is 0.0697. The maximum atomic E-state index is 10.4. The van der Waals surface area contributed by atoms with E-state index in [4.69, 9.17) is 10.4 Å². The molecular weight excluding hydrogens is 172 g/mol. The van der Waals surface area contributed by atoms with Gasteiger partial charge in [0.05, 0.1) is 5.56 Å². The third-order valence-corrected chi connectivity index (χ3v) is 1.31. The zero-order valence-electron chi connectivity index (χ0n) is 6.61. The summed E-state index contributed by atoms with van der Waals surface area (Å²) in [6.07, 6.45) is 1.71. The molecule has 0 saturated heterocycles. The molecule has 0 amide bonds. The number of nitrogens with zero attached hydrogens (tertiary/aromatic N) is 1. The van der Waals surface area contributed by atoms with Gasteiger partial charge in [-0.1, -0.05) is 6.07 Å². The van der Waals surface area contributed by atoms with Crippen molar-refractivity contribution in [3.8, 4) is 6.19 Å². The highest BCUT2D eigenvalue weighted by Crippen LogP contribution is 2.09. The quantitative estimate of drug-likeness (QED) is 0.509. The van der Waals surface area contributed by atoms with Crippen molar-refractivity contribution in [2.24, 2.45) is 0 Å². The van der Waals surface area contributed by atoms with Gasteiger partial charge in [0.25, 0.3) is 0 Å². The summed E-state index contributed by atoms with van der Waals surface area (Å²) in [6.45, 7) is 0. The van der Waals surface area contributed by atoms with E-state index in [1.165, 1.54) is 12.1 Å². The van der Waals surface area contributed by atoms with Crippen LogP contribution in [0.2, 0.25) is 0 Å². The van der Waals surface area contributed by atoms with E-state index in [-0.39, 0.29) is 11.0 Å². The molecule has 0 unspecified atom stereocenters. The summed E-state index contributed by atoms with van der Waals surface area (Å²) in [6, 6.07) is 6.05. The first-order valence-corrected chi connectivity index (χ1v) is 3.22. The summed E-state index contributed by atoms with van der Waals surface area (Å²) in [5.41, 5.74) is 0.646. The molecule has 0 fully saturated rings. The van der Waals surface area contributed by atoms with Crippen LogP contribution in [0.3, 0.4) is 0 Å². The van der Waals surface area contributed by atoms with Crippen LogP contribution < -0.4 is 5.32 Å². The highest BCUT2D eigenvalue weighted by molar-refractivity contribution is 5.88. The molecule has 5 nitrogen and oxygen atoms in total. The van der Waals surface area contributed by atoms with Crippen molar-refractivity contribution in [3.63, 3.8) is 0 Å². The second-order valence-corrected chi connectivity index (χ2v) is 2.12. The van der Waals surface area contributed by atoms with Gasteiger partial charge in [-0.05, 0) is 18.2 Å². The van der Waals surface area contributed by atoms with E-state index in [2.05, 4.69) is 5.32 Å². The number of hydrogen-bond donors (Lipinski definition) is 2. The van der Waals surface area contributed by atoms with E-state index < -0.39 is 5.97 Å². The molecule has 1 aromatic rings. The van der Waals surface area contributed by atoms with Crippen molar-refractivity contribution in [2.45, 2.75) is 0 Å². The molecule has 13 heavy (non-hydrogen) atoms. The first-order valence-electron chi connectivity index (χ1n) is 3.22. The smallest absolute Gasteiger partial charge is 0.335 e. The summed E-state index contributed by atoms with van der Waals surface area (Å²) in [5.74, 6) is -1.00. The Kier molecular flexibility index (Phi) is 3.99. The van der Waals surface area contributed by atoms with Gasteiger partial charge in [-0.15, -0.1) is 0 Å². The van der Waals surface area contributed by atoms with Crippen LogP contribution in [-0.2, 0) is 0 Å². The standard InChI is InChI=1S/C8H6N2O2.H2O/c9-5-10-7-3-1-2-6(4-7)8(11)12;/h1-4,10H,(H,11,12);1H2. The van der Waals surface area contributed by atoms with Crippen LogP contribution >= 0.6 is 0 Å². The van der Waals surface area contributed by atoms with Gasteiger partial charge in [-0.25, -0.2) is 4.79 Å². The third-order valence-electron chi connectivity index (χ3n) is 1.31. The summed E-state index contributed by atoms with van der Waals surface area (Å²) in [7, 11) is 0. The summed E-state index contributed by atoms with van der Waals surface area (Å²) >= 11 is 0. The first-order chi connectivity index (χ1) is 5.74. The minimum atomic E-state index is -1.00. The second kappa shape index (κ2) is 4.74. The Balaban J connectivity index is 0.00000144. The molecule has 0 bridgehead atoms. The van der Waals surface area contributed by atoms with Gasteiger partial charge < -0.3 is 10.6 Å². The Morgan fingerprint density at radius 1 is 1.54 bits per heavy atom. The van der Waals surface area contributed by atoms with Gasteiger partial charge in [0.2, 0.25) is 0 Å². The van der Waals surface area contributed by atoms with Gasteiger partial charge in [0.15, 0.2) is 6.19 Å². The molecule has 5 heteroatoms. The molecule has 0 saturated carbocycles. The van der Waals surface area contributed by atoms with E-state index in [0.29, 0.717) is 5.69 Å². The van der Waals surface area contributed by atoms with Crippen molar-refractivity contribution >= 4 is 11.7 Å². The maximum Gasteiger partial charge on any atom is 0.335 e. The Bertz CT molecular complexity index is 343. The van der Waals surface area contributed by atoms with Crippen LogP contribution in [0.5, 0.6) is 0 Å². The van der Waals surface area contributed by atoms with Crippen molar-refractivity contribution in [1.82, 2.24) is 0 Å². The Morgan fingerprint density at radius 2 is 2.23 bits per heavy atom. The Morgan fingerprint density at radius 3 is 2.77 bits per heavy atom. The van der Waals surface area contributed by atoms with Crippen LogP contribution in [0, 0.1) is 11.5 Å². The zero-order chi connectivity index (χ0) is 8.97. The van der Waals surface area contributed by atoms with Crippen LogP contribution in [0.1, 0.15) is 10.4 Å². The lowest BCUT2D eigenvalue weighted by Crippen LogP contribution is -1.97. The predicted octanol–water partition coefficient (Wildman–Crippen LogP) is 0.453. The van der Waals surface area contributed by atoms with Gasteiger partial charge >= 0.3 is 5.97 Å². The molecule has 4 N–H and O–H groups in total. The molecule has 0 spiro atoms. The van der Waals surface area contributed by atoms with Crippen LogP contribution in [0.4, 0.5) is 5.69 Å². The number of carbonyl (C=O) groups is 1. The number of nitriles is 1. The number of anilines is 1. The van der Waals surface area contributed by atoms with E-state index in [9.17, 15) is 4.79 Å². The monoisotopic (exact) mass is 180 g/mol. The number of rotatable bonds is 2. The topological polar surface area (TPSA) is 105 Å². The molecule has 0 radical (unpaired) electrons. The van der Waals surface area contributed by atoms with E-state index >= 15 is 0 Å². The Hall–Kier alpha value is -2.06. The van der Waals surface area contributed by atoms with E-state index in [0.717, 1.165) is 0 Å². The SMILES string of the molecule is N#CNc1cccc(C(=O)O)c1.O. The molecule has 0 aromatic heterocycles. The van der Waals surface area contributed by atoms with E-state index in [1.807, 2.05) is 0 Å². The van der Waals surface area contributed by atoms with Gasteiger partial charge in [-0.2, -0.15) is 5.26 Å². The third kappa shape index (κ3) is 2.81. The highest BCUT2D eigenvalue weighted by Gasteiger charge is 2.01. The minimum absolute atomic E-state index is 0. The lowest BCUT2D eigenvalue weighted by Gasteiger charge is -1.97. The fourth-order valence-corrected chi connectivity index (χ4v) is 0.795. The average molecular weight is 180 g/mol. The van der Waals surface area contributed by atoms with Crippen molar-refractivity contribution in [1.29, 1.82) is 5.26 Å². The zero-order valence-corrected chi connectivity index (χ0v) is 6.61. The minimum Gasteiger partial charge on any atom is -0.478 e. The molecule has 0 aliphatic rings. The van der Waals surface area contributed by atoms with Crippen LogP contribution in [0.15, 0.2) is 24.3 Å². The molecule has 0 aliphatic heterocycles. The Labute approximate surface area is 74.5 Å². The first kappa shape index (κ1) is 10.9. The largest absolute Gasteiger partial charge is 0.478 e. The molecule has 1 aromatic carbocycles. The molecular formula is C8H8N2O3. The molecule has 0 heterocycles. The second-order valence-electron chi connectivity index (χ2n) is 2.12. The summed E-state index contributed by atoms with van der Waals surface area (Å²) < 4.78 is 0. The van der Waals surface area contributed by atoms with Gasteiger partial charge in [0.1, 0.15) is 0 Å². The fraction of sp³-hybridized carbons (Fsp3) is 0. The van der Waals surface area contributed by atoms with Crippen molar-refractivity contribution in [3.05, 3.63) is 29.8 Å². The van der Waals surface area contributed by atoms with Crippen molar-refractivity contribution < 1.29 is 15.4 Å². The molecule has 1 rings (SSSR count). The van der Waals surface area contributed by atoms with Crippen molar-refractivity contribution in [2.75, 3.05) is 5.32 Å². The molecule has 68 valence electrons. The summed E-state index contributed by atoms with van der Waals surface area (Å²) in [5, 5.41) is 19.2. The number of aromatic carboxylic acids is 1. The molecule has 0 atom stereocenters. The predicted molar refractivity (Wildman–Crippen MR) is 46.3 cm³/mol.